The first-order valence-corrected chi connectivity index (χ1v) is 7.26. The van der Waals surface area contributed by atoms with Crippen molar-refractivity contribution in [2.45, 2.75) is 13.8 Å². The molecule has 0 saturated carbocycles. The summed E-state index contributed by atoms with van der Waals surface area (Å²) in [5.41, 5.74) is 4.34. The normalized spacial score (nSPS) is 10.6. The van der Waals surface area contributed by atoms with Gasteiger partial charge in [0.15, 0.2) is 5.13 Å². The van der Waals surface area contributed by atoms with Crippen molar-refractivity contribution in [3.05, 3.63) is 52.7 Å². The van der Waals surface area contributed by atoms with Crippen LogP contribution in [0.3, 0.4) is 0 Å². The molecule has 3 rings (SSSR count). The highest BCUT2D eigenvalue weighted by molar-refractivity contribution is 7.14. The topological polar surface area (TPSA) is 68.0 Å². The minimum Gasteiger partial charge on any atom is -0.351 e. The number of nitrogens with one attached hydrogen (secondary N) is 1. The fourth-order valence-corrected chi connectivity index (χ4v) is 2.57. The number of thiazole rings is 1. The molecule has 0 fully saturated rings. The predicted molar refractivity (Wildman–Crippen MR) is 81.5 cm³/mol. The molecule has 2 heterocycles. The van der Waals surface area contributed by atoms with Gasteiger partial charge in [0.1, 0.15) is 0 Å². The third-order valence-electron chi connectivity index (χ3n) is 3.19. The highest BCUT2D eigenvalue weighted by Gasteiger charge is 2.13. The van der Waals surface area contributed by atoms with Gasteiger partial charge < -0.3 is 4.52 Å². The molecule has 6 heteroatoms. The lowest BCUT2D eigenvalue weighted by molar-refractivity contribution is 0.0988. The SMILES string of the molecule is Cc1ccc(-c2csc(NC(=O)c3ccno3)n2)cc1C. The predicted octanol–water partition coefficient (Wildman–Crippen LogP) is 3.67. The number of carbonyl (C=O) groups is 1. The molecule has 0 unspecified atom stereocenters. The van der Waals surface area contributed by atoms with Crippen LogP contribution >= 0.6 is 11.3 Å². The second-order valence-corrected chi connectivity index (χ2v) is 5.53. The number of carbonyl (C=O) groups excluding carboxylic acids is 1. The zero-order chi connectivity index (χ0) is 14.8. The fraction of sp³-hybridized carbons (Fsp3) is 0.133. The van der Waals surface area contributed by atoms with E-state index in [-0.39, 0.29) is 11.7 Å². The molecule has 0 bridgehead atoms. The fourth-order valence-electron chi connectivity index (χ4n) is 1.86. The van der Waals surface area contributed by atoms with E-state index in [2.05, 4.69) is 41.4 Å². The zero-order valence-electron chi connectivity index (χ0n) is 11.6. The van der Waals surface area contributed by atoms with Crippen molar-refractivity contribution in [3.63, 3.8) is 0 Å². The summed E-state index contributed by atoms with van der Waals surface area (Å²) in [6.45, 7) is 4.14. The van der Waals surface area contributed by atoms with Crippen molar-refractivity contribution < 1.29 is 9.32 Å². The summed E-state index contributed by atoms with van der Waals surface area (Å²) in [6.07, 6.45) is 1.43. The lowest BCUT2D eigenvalue weighted by atomic mass is 10.1. The minimum absolute atomic E-state index is 0.165. The molecule has 0 atom stereocenters. The van der Waals surface area contributed by atoms with E-state index in [1.165, 1.54) is 34.7 Å². The molecule has 0 saturated heterocycles. The minimum atomic E-state index is -0.353. The Kier molecular flexibility index (Phi) is 3.53. The van der Waals surface area contributed by atoms with Gasteiger partial charge in [-0.25, -0.2) is 4.98 Å². The molecule has 5 nitrogen and oxygen atoms in total. The number of anilines is 1. The van der Waals surface area contributed by atoms with Gasteiger partial charge in [-0.15, -0.1) is 11.3 Å². The van der Waals surface area contributed by atoms with Crippen molar-refractivity contribution in [3.8, 4) is 11.3 Å². The van der Waals surface area contributed by atoms with E-state index in [9.17, 15) is 4.79 Å². The molecular formula is C15H13N3O2S. The van der Waals surface area contributed by atoms with Crippen molar-refractivity contribution in [2.24, 2.45) is 0 Å². The summed E-state index contributed by atoms with van der Waals surface area (Å²) in [6, 6.07) is 7.69. The largest absolute Gasteiger partial charge is 0.351 e. The molecule has 2 aromatic heterocycles. The average molecular weight is 299 g/mol. The monoisotopic (exact) mass is 299 g/mol. The van der Waals surface area contributed by atoms with Crippen LogP contribution in [-0.4, -0.2) is 16.0 Å². The number of amides is 1. The Bertz CT molecular complexity index is 778. The molecule has 0 aliphatic rings. The van der Waals surface area contributed by atoms with Crippen molar-refractivity contribution in [1.82, 2.24) is 10.1 Å². The van der Waals surface area contributed by atoms with E-state index in [1.807, 2.05) is 11.4 Å². The highest BCUT2D eigenvalue weighted by Crippen LogP contribution is 2.26. The number of aryl methyl sites for hydroxylation is 2. The molecule has 0 aliphatic heterocycles. The Balaban J connectivity index is 1.80. The lowest BCUT2D eigenvalue weighted by Crippen LogP contribution is -2.10. The smallest absolute Gasteiger partial charge is 0.296 e. The van der Waals surface area contributed by atoms with E-state index < -0.39 is 0 Å². The quantitative estimate of drug-likeness (QED) is 0.801. The van der Waals surface area contributed by atoms with Crippen LogP contribution in [0.15, 0.2) is 40.4 Å². The van der Waals surface area contributed by atoms with Crippen molar-refractivity contribution in [1.29, 1.82) is 0 Å². The van der Waals surface area contributed by atoms with Crippen LogP contribution in [0.5, 0.6) is 0 Å². The van der Waals surface area contributed by atoms with Gasteiger partial charge >= 0.3 is 0 Å². The van der Waals surface area contributed by atoms with Crippen LogP contribution < -0.4 is 5.32 Å². The maximum absolute atomic E-state index is 11.8. The second kappa shape index (κ2) is 5.49. The van der Waals surface area contributed by atoms with Crippen LogP contribution in [0.25, 0.3) is 11.3 Å². The van der Waals surface area contributed by atoms with Gasteiger partial charge in [0.05, 0.1) is 11.9 Å². The summed E-state index contributed by atoms with van der Waals surface area (Å²) in [4.78, 5) is 16.3. The van der Waals surface area contributed by atoms with Crippen LogP contribution in [0, 0.1) is 13.8 Å². The molecule has 1 N–H and O–H groups in total. The molecule has 21 heavy (non-hydrogen) atoms. The van der Waals surface area contributed by atoms with Gasteiger partial charge in [-0.1, -0.05) is 17.3 Å². The Morgan fingerprint density at radius 3 is 2.81 bits per heavy atom. The molecule has 1 amide bonds. The van der Waals surface area contributed by atoms with Gasteiger partial charge in [-0.05, 0) is 31.0 Å². The van der Waals surface area contributed by atoms with E-state index in [0.717, 1.165) is 11.3 Å². The first kappa shape index (κ1) is 13.5. The first-order chi connectivity index (χ1) is 10.1. The lowest BCUT2D eigenvalue weighted by Gasteiger charge is -2.02. The number of benzene rings is 1. The first-order valence-electron chi connectivity index (χ1n) is 6.38. The Morgan fingerprint density at radius 1 is 1.24 bits per heavy atom. The summed E-state index contributed by atoms with van der Waals surface area (Å²) >= 11 is 1.37. The highest BCUT2D eigenvalue weighted by atomic mass is 32.1. The van der Waals surface area contributed by atoms with Crippen LogP contribution in [0.1, 0.15) is 21.7 Å². The zero-order valence-corrected chi connectivity index (χ0v) is 12.4. The summed E-state index contributed by atoms with van der Waals surface area (Å²) < 4.78 is 4.80. The number of aromatic nitrogens is 2. The van der Waals surface area contributed by atoms with Crippen molar-refractivity contribution in [2.75, 3.05) is 5.32 Å². The number of hydrogen-bond acceptors (Lipinski definition) is 5. The van der Waals surface area contributed by atoms with E-state index in [4.69, 9.17) is 4.52 Å². The summed E-state index contributed by atoms with van der Waals surface area (Å²) in [5.74, 6) is -0.189. The summed E-state index contributed by atoms with van der Waals surface area (Å²) in [7, 11) is 0. The van der Waals surface area contributed by atoms with Crippen LogP contribution in [0.4, 0.5) is 5.13 Å². The maximum Gasteiger partial charge on any atom is 0.296 e. The molecule has 0 spiro atoms. The molecule has 3 aromatic rings. The summed E-state index contributed by atoms with van der Waals surface area (Å²) in [5, 5.41) is 8.65. The van der Waals surface area contributed by atoms with E-state index in [1.54, 1.807) is 0 Å². The molecule has 106 valence electrons. The number of nitrogens with zero attached hydrogens (tertiary/aromatic N) is 2. The average Bonchev–Trinajstić information content (AvgIpc) is 3.12. The molecule has 1 aromatic carbocycles. The van der Waals surface area contributed by atoms with Gasteiger partial charge in [0, 0.05) is 17.0 Å². The molecule has 0 radical (unpaired) electrons. The third kappa shape index (κ3) is 2.85. The van der Waals surface area contributed by atoms with Crippen LogP contribution in [-0.2, 0) is 0 Å². The van der Waals surface area contributed by atoms with Crippen molar-refractivity contribution >= 4 is 22.4 Å². The maximum atomic E-state index is 11.8. The second-order valence-electron chi connectivity index (χ2n) is 4.67. The number of rotatable bonds is 3. The Hall–Kier alpha value is -2.47. The van der Waals surface area contributed by atoms with Gasteiger partial charge in [-0.2, -0.15) is 0 Å². The standard InChI is InChI=1S/C15H13N3O2S/c1-9-3-4-11(7-10(9)2)12-8-21-15(17-12)18-14(19)13-5-6-16-20-13/h3-8H,1-2H3,(H,17,18,19). The Labute approximate surface area is 125 Å². The van der Waals surface area contributed by atoms with E-state index in [0.29, 0.717) is 5.13 Å². The molecule has 0 aliphatic carbocycles. The van der Waals surface area contributed by atoms with E-state index >= 15 is 0 Å². The van der Waals surface area contributed by atoms with Gasteiger partial charge in [0.2, 0.25) is 5.76 Å². The molecular weight excluding hydrogens is 286 g/mol. The van der Waals surface area contributed by atoms with Crippen LogP contribution in [0.2, 0.25) is 0 Å². The number of hydrogen-bond donors (Lipinski definition) is 1. The van der Waals surface area contributed by atoms with Gasteiger partial charge in [-0.3, -0.25) is 10.1 Å². The van der Waals surface area contributed by atoms with Gasteiger partial charge in [0.25, 0.3) is 5.91 Å². The Morgan fingerprint density at radius 2 is 2.10 bits per heavy atom. The third-order valence-corrected chi connectivity index (χ3v) is 3.95.